The Kier molecular flexibility index (Phi) is 4.69. The molecule has 0 unspecified atom stereocenters. The van der Waals surface area contributed by atoms with Crippen molar-refractivity contribution in [2.45, 2.75) is 40.2 Å². The minimum atomic E-state index is -0.896. The summed E-state index contributed by atoms with van der Waals surface area (Å²) in [6.45, 7) is 5.69. The van der Waals surface area contributed by atoms with Gasteiger partial charge in [0.15, 0.2) is 0 Å². The van der Waals surface area contributed by atoms with Gasteiger partial charge in [0.25, 0.3) is 0 Å². The standard InChI is InChI=1S/C13H20N2O4/c1-9-5-10(14-19-9)8-15(4)11(16)6-13(2,3)7-12(17)18/h5H,6-8H2,1-4H3,(H,17,18). The number of hydrogen-bond acceptors (Lipinski definition) is 4. The number of carboxylic acids is 1. The molecule has 0 spiro atoms. The average Bonchev–Trinajstić information content (AvgIpc) is 2.60. The van der Waals surface area contributed by atoms with Crippen molar-refractivity contribution in [2.24, 2.45) is 5.41 Å². The molecule has 0 aliphatic carbocycles. The van der Waals surface area contributed by atoms with Crippen LogP contribution in [0.25, 0.3) is 0 Å². The second kappa shape index (κ2) is 5.86. The van der Waals surface area contributed by atoms with E-state index in [4.69, 9.17) is 9.63 Å². The first kappa shape index (κ1) is 15.2. The molecule has 106 valence electrons. The van der Waals surface area contributed by atoms with Crippen LogP contribution < -0.4 is 0 Å². The summed E-state index contributed by atoms with van der Waals surface area (Å²) in [5.74, 6) is -0.304. The molecular weight excluding hydrogens is 248 g/mol. The van der Waals surface area contributed by atoms with E-state index < -0.39 is 11.4 Å². The molecule has 1 N–H and O–H groups in total. The fraction of sp³-hybridized carbons (Fsp3) is 0.615. The van der Waals surface area contributed by atoms with Crippen molar-refractivity contribution in [3.05, 3.63) is 17.5 Å². The first-order valence-electron chi connectivity index (χ1n) is 6.07. The highest BCUT2D eigenvalue weighted by molar-refractivity contribution is 5.77. The van der Waals surface area contributed by atoms with Gasteiger partial charge in [-0.1, -0.05) is 19.0 Å². The zero-order valence-electron chi connectivity index (χ0n) is 11.8. The van der Waals surface area contributed by atoms with Crippen LogP contribution in [-0.2, 0) is 16.1 Å². The summed E-state index contributed by atoms with van der Waals surface area (Å²) >= 11 is 0. The zero-order chi connectivity index (χ0) is 14.6. The Bertz CT molecular complexity index is 465. The molecular formula is C13H20N2O4. The van der Waals surface area contributed by atoms with Crippen LogP contribution >= 0.6 is 0 Å². The molecule has 0 aliphatic rings. The van der Waals surface area contributed by atoms with Crippen LogP contribution in [0.2, 0.25) is 0 Å². The fourth-order valence-corrected chi connectivity index (χ4v) is 1.84. The van der Waals surface area contributed by atoms with Gasteiger partial charge in [-0.25, -0.2) is 0 Å². The minimum Gasteiger partial charge on any atom is -0.481 e. The molecule has 1 rings (SSSR count). The number of aromatic nitrogens is 1. The second-order valence-corrected chi connectivity index (χ2v) is 5.59. The summed E-state index contributed by atoms with van der Waals surface area (Å²) in [5, 5.41) is 12.6. The quantitative estimate of drug-likeness (QED) is 0.851. The first-order chi connectivity index (χ1) is 8.69. The number of aliphatic carboxylic acids is 1. The van der Waals surface area contributed by atoms with Gasteiger partial charge in [0.05, 0.1) is 13.0 Å². The third-order valence-electron chi connectivity index (χ3n) is 2.76. The van der Waals surface area contributed by atoms with E-state index >= 15 is 0 Å². The molecule has 0 saturated heterocycles. The third-order valence-corrected chi connectivity index (χ3v) is 2.76. The topological polar surface area (TPSA) is 83.6 Å². The monoisotopic (exact) mass is 268 g/mol. The molecule has 0 aliphatic heterocycles. The van der Waals surface area contributed by atoms with Gasteiger partial charge < -0.3 is 14.5 Å². The molecule has 0 bridgehead atoms. The molecule has 0 fully saturated rings. The Labute approximate surface area is 112 Å². The second-order valence-electron chi connectivity index (χ2n) is 5.59. The molecule has 0 atom stereocenters. The van der Waals surface area contributed by atoms with Gasteiger partial charge in [0.1, 0.15) is 11.5 Å². The van der Waals surface area contributed by atoms with Gasteiger partial charge in [-0.05, 0) is 12.3 Å². The number of carbonyl (C=O) groups is 2. The SMILES string of the molecule is Cc1cc(CN(C)C(=O)CC(C)(C)CC(=O)O)no1. The summed E-state index contributed by atoms with van der Waals surface area (Å²) in [5.41, 5.74) is 0.126. The van der Waals surface area contributed by atoms with E-state index in [1.54, 1.807) is 33.9 Å². The lowest BCUT2D eigenvalue weighted by Crippen LogP contribution is -2.31. The van der Waals surface area contributed by atoms with Crippen LogP contribution in [0.3, 0.4) is 0 Å². The lowest BCUT2D eigenvalue weighted by atomic mass is 9.85. The Hall–Kier alpha value is -1.85. The molecule has 1 aromatic rings. The van der Waals surface area contributed by atoms with E-state index in [0.29, 0.717) is 18.0 Å². The molecule has 0 radical (unpaired) electrons. The van der Waals surface area contributed by atoms with E-state index in [1.165, 1.54) is 4.90 Å². The molecule has 1 heterocycles. The van der Waals surface area contributed by atoms with Gasteiger partial charge in [0, 0.05) is 19.5 Å². The van der Waals surface area contributed by atoms with Crippen molar-refractivity contribution in [2.75, 3.05) is 7.05 Å². The van der Waals surface area contributed by atoms with Gasteiger partial charge in [-0.15, -0.1) is 0 Å². The lowest BCUT2D eigenvalue weighted by molar-refractivity contribution is -0.140. The van der Waals surface area contributed by atoms with Gasteiger partial charge in [0.2, 0.25) is 5.91 Å². The van der Waals surface area contributed by atoms with E-state index in [-0.39, 0.29) is 18.7 Å². The van der Waals surface area contributed by atoms with Crippen molar-refractivity contribution >= 4 is 11.9 Å². The normalized spacial score (nSPS) is 11.4. The molecule has 0 saturated carbocycles. The highest BCUT2D eigenvalue weighted by Crippen LogP contribution is 2.26. The summed E-state index contributed by atoms with van der Waals surface area (Å²) < 4.78 is 4.93. The maximum atomic E-state index is 12.0. The first-order valence-corrected chi connectivity index (χ1v) is 6.07. The largest absolute Gasteiger partial charge is 0.481 e. The zero-order valence-corrected chi connectivity index (χ0v) is 11.8. The van der Waals surface area contributed by atoms with Crippen molar-refractivity contribution in [3.8, 4) is 0 Å². The van der Waals surface area contributed by atoms with Gasteiger partial charge in [-0.2, -0.15) is 0 Å². The molecule has 0 aromatic carbocycles. The Morgan fingerprint density at radius 2 is 2.05 bits per heavy atom. The van der Waals surface area contributed by atoms with Crippen molar-refractivity contribution in [3.63, 3.8) is 0 Å². The highest BCUT2D eigenvalue weighted by atomic mass is 16.5. The molecule has 1 amide bonds. The van der Waals surface area contributed by atoms with E-state index in [1.807, 2.05) is 0 Å². The number of nitrogens with zero attached hydrogens (tertiary/aromatic N) is 2. The predicted octanol–water partition coefficient (Wildman–Crippen LogP) is 1.83. The Balaban J connectivity index is 2.55. The summed E-state index contributed by atoms with van der Waals surface area (Å²) in [6, 6.07) is 1.77. The highest BCUT2D eigenvalue weighted by Gasteiger charge is 2.27. The number of rotatable bonds is 6. The summed E-state index contributed by atoms with van der Waals surface area (Å²) in [4.78, 5) is 24.3. The van der Waals surface area contributed by atoms with Crippen molar-refractivity contribution in [1.29, 1.82) is 0 Å². The van der Waals surface area contributed by atoms with Gasteiger partial charge >= 0.3 is 5.97 Å². The molecule has 6 nitrogen and oxygen atoms in total. The van der Waals surface area contributed by atoms with E-state index in [2.05, 4.69) is 5.16 Å². The number of amides is 1. The maximum absolute atomic E-state index is 12.0. The lowest BCUT2D eigenvalue weighted by Gasteiger charge is -2.25. The fourth-order valence-electron chi connectivity index (χ4n) is 1.84. The molecule has 1 aromatic heterocycles. The Morgan fingerprint density at radius 3 is 2.53 bits per heavy atom. The molecule has 6 heteroatoms. The number of carbonyl (C=O) groups excluding carboxylic acids is 1. The van der Waals surface area contributed by atoms with Crippen LogP contribution in [0.5, 0.6) is 0 Å². The van der Waals surface area contributed by atoms with Gasteiger partial charge in [-0.3, -0.25) is 9.59 Å². The van der Waals surface area contributed by atoms with Crippen LogP contribution in [0.15, 0.2) is 10.6 Å². The molecule has 19 heavy (non-hydrogen) atoms. The third kappa shape index (κ3) is 5.11. The van der Waals surface area contributed by atoms with Crippen molar-refractivity contribution in [1.82, 2.24) is 10.1 Å². The van der Waals surface area contributed by atoms with Crippen LogP contribution in [-0.4, -0.2) is 34.1 Å². The van der Waals surface area contributed by atoms with Crippen LogP contribution in [0, 0.1) is 12.3 Å². The smallest absolute Gasteiger partial charge is 0.303 e. The van der Waals surface area contributed by atoms with E-state index in [0.717, 1.165) is 0 Å². The summed E-state index contributed by atoms with van der Waals surface area (Å²) in [6.07, 6.45) is 0.155. The number of carboxylic acid groups (broad SMARTS) is 1. The average molecular weight is 268 g/mol. The number of aryl methyl sites for hydroxylation is 1. The summed E-state index contributed by atoms with van der Waals surface area (Å²) in [7, 11) is 1.67. The number of hydrogen-bond donors (Lipinski definition) is 1. The maximum Gasteiger partial charge on any atom is 0.303 e. The van der Waals surface area contributed by atoms with E-state index in [9.17, 15) is 9.59 Å². The predicted molar refractivity (Wildman–Crippen MR) is 68.4 cm³/mol. The minimum absolute atomic E-state index is 0.0321. The van der Waals surface area contributed by atoms with Crippen LogP contribution in [0.1, 0.15) is 38.1 Å². The Morgan fingerprint density at radius 1 is 1.42 bits per heavy atom. The van der Waals surface area contributed by atoms with Crippen molar-refractivity contribution < 1.29 is 19.2 Å². The van der Waals surface area contributed by atoms with Crippen LogP contribution in [0.4, 0.5) is 0 Å².